The van der Waals surface area contributed by atoms with Crippen LogP contribution in [0.15, 0.2) is 47.4 Å². The molecule has 0 spiro atoms. The van der Waals surface area contributed by atoms with E-state index >= 15 is 0 Å². The van der Waals surface area contributed by atoms with Gasteiger partial charge in [0.25, 0.3) is 0 Å². The highest BCUT2D eigenvalue weighted by atomic mass is 32.2. The van der Waals surface area contributed by atoms with Gasteiger partial charge in [0.15, 0.2) is 9.84 Å². The van der Waals surface area contributed by atoms with Crippen molar-refractivity contribution in [1.82, 2.24) is 4.72 Å². The van der Waals surface area contributed by atoms with Crippen LogP contribution in [0.3, 0.4) is 0 Å². The molecule has 0 bridgehead atoms. The Balaban J connectivity index is 2.07. The molecule has 1 fully saturated rings. The largest absolute Gasteiger partial charge is 0.511 e. The molecule has 1 aliphatic rings. The molecule has 3 rings (SSSR count). The van der Waals surface area contributed by atoms with E-state index in [9.17, 15) is 43.2 Å². The normalized spacial score (nSPS) is 22.5. The summed E-state index contributed by atoms with van der Waals surface area (Å²) in [5.74, 6) is -2.91. The highest BCUT2D eigenvalue weighted by Crippen LogP contribution is 2.52. The number of hydrogen-bond acceptors (Lipinski definition) is 4. The first-order valence-electron chi connectivity index (χ1n) is 8.24. The van der Waals surface area contributed by atoms with E-state index in [2.05, 4.69) is 0 Å². The molecule has 0 aliphatic heterocycles. The van der Waals surface area contributed by atoms with E-state index in [0.29, 0.717) is 12.1 Å². The first-order chi connectivity index (χ1) is 13.7. The van der Waals surface area contributed by atoms with Crippen molar-refractivity contribution in [1.29, 1.82) is 0 Å². The third kappa shape index (κ3) is 3.69. The van der Waals surface area contributed by atoms with E-state index in [-0.39, 0.29) is 0 Å². The average molecular weight is 473 g/mol. The van der Waals surface area contributed by atoms with Crippen LogP contribution < -0.4 is 4.72 Å². The molecule has 164 valence electrons. The van der Waals surface area contributed by atoms with Crippen LogP contribution in [0, 0.1) is 17.5 Å². The van der Waals surface area contributed by atoms with Gasteiger partial charge in [-0.2, -0.15) is 13.2 Å². The van der Waals surface area contributed by atoms with Gasteiger partial charge in [0.1, 0.15) is 22.2 Å². The molecule has 0 heterocycles. The van der Waals surface area contributed by atoms with Gasteiger partial charge in [-0.05, 0) is 55.3 Å². The van der Waals surface area contributed by atoms with Crippen LogP contribution in [0.5, 0.6) is 0 Å². The molecule has 0 aromatic heterocycles. The molecule has 1 saturated carbocycles. The maximum Gasteiger partial charge on any atom is 0.511 e. The zero-order valence-corrected chi connectivity index (χ0v) is 16.4. The molecule has 30 heavy (non-hydrogen) atoms. The second-order valence-corrected chi connectivity index (χ2v) is 10.7. The van der Waals surface area contributed by atoms with Gasteiger partial charge in [-0.3, -0.25) is 0 Å². The summed E-state index contributed by atoms with van der Waals surface area (Å²) >= 11 is 0. The number of sulfone groups is 1. The Morgan fingerprint density at radius 2 is 1.40 bits per heavy atom. The van der Waals surface area contributed by atoms with E-state index < -0.39 is 76.9 Å². The Morgan fingerprint density at radius 3 is 1.93 bits per heavy atom. The van der Waals surface area contributed by atoms with E-state index in [1.165, 1.54) is 4.72 Å². The fourth-order valence-corrected chi connectivity index (χ4v) is 6.35. The number of rotatable bonds is 5. The maximum absolute atomic E-state index is 14.4. The standard InChI is InChI=1S/C17H13F6NO4S2/c18-10-1-4-13(5-2-10)29(25,26)16(14-7-11(19)3-6-15(14)20)8-12(9-16)24-30(27,28)17(21,22)23/h1-7,12,24H,8-9H2/t12-,16+. The summed E-state index contributed by atoms with van der Waals surface area (Å²) in [6.45, 7) is 0. The van der Waals surface area contributed by atoms with Gasteiger partial charge in [0, 0.05) is 11.6 Å². The Labute approximate surface area is 167 Å². The number of benzene rings is 2. The fourth-order valence-electron chi connectivity index (χ4n) is 3.38. The van der Waals surface area contributed by atoms with Gasteiger partial charge in [-0.25, -0.2) is 34.7 Å². The second-order valence-electron chi connectivity index (χ2n) is 6.75. The zero-order valence-electron chi connectivity index (χ0n) is 14.8. The van der Waals surface area contributed by atoms with E-state index in [1.54, 1.807) is 0 Å². The van der Waals surface area contributed by atoms with Crippen LogP contribution in [-0.2, 0) is 24.6 Å². The number of halogens is 6. The Bertz CT molecular complexity index is 1170. The van der Waals surface area contributed by atoms with Crippen molar-refractivity contribution in [2.45, 2.75) is 34.0 Å². The fraction of sp³-hybridized carbons (Fsp3) is 0.294. The van der Waals surface area contributed by atoms with Crippen molar-refractivity contribution in [3.8, 4) is 0 Å². The number of nitrogens with one attached hydrogen (secondary N) is 1. The van der Waals surface area contributed by atoms with Gasteiger partial charge >= 0.3 is 15.5 Å². The van der Waals surface area contributed by atoms with Crippen LogP contribution in [0.1, 0.15) is 18.4 Å². The summed E-state index contributed by atoms with van der Waals surface area (Å²) in [6, 6.07) is 3.82. The van der Waals surface area contributed by atoms with Crippen molar-refractivity contribution in [2.24, 2.45) is 0 Å². The molecule has 0 amide bonds. The first-order valence-corrected chi connectivity index (χ1v) is 11.2. The molecule has 0 radical (unpaired) electrons. The monoisotopic (exact) mass is 473 g/mol. The molecular formula is C17H13F6NO4S2. The second kappa shape index (κ2) is 7.24. The minimum Gasteiger partial charge on any atom is -0.223 e. The van der Waals surface area contributed by atoms with E-state index in [0.717, 1.165) is 30.3 Å². The van der Waals surface area contributed by atoms with Crippen molar-refractivity contribution >= 4 is 19.9 Å². The summed E-state index contributed by atoms with van der Waals surface area (Å²) in [5.41, 5.74) is -6.29. The molecule has 2 aromatic carbocycles. The molecule has 13 heteroatoms. The molecule has 5 nitrogen and oxygen atoms in total. The Morgan fingerprint density at radius 1 is 0.867 bits per heavy atom. The minimum atomic E-state index is -5.79. The van der Waals surface area contributed by atoms with Gasteiger partial charge in [0.2, 0.25) is 0 Å². The maximum atomic E-state index is 14.4. The summed E-state index contributed by atoms with van der Waals surface area (Å²) in [7, 11) is -10.4. The molecule has 1 N–H and O–H groups in total. The third-order valence-corrected chi connectivity index (χ3v) is 8.56. The highest BCUT2D eigenvalue weighted by Gasteiger charge is 2.59. The summed E-state index contributed by atoms with van der Waals surface area (Å²) in [5, 5.41) is 0. The lowest BCUT2D eigenvalue weighted by Gasteiger charge is -2.47. The van der Waals surface area contributed by atoms with Crippen LogP contribution in [-0.4, -0.2) is 28.4 Å². The number of sulfonamides is 1. The molecule has 0 saturated heterocycles. The quantitative estimate of drug-likeness (QED) is 0.534. The van der Waals surface area contributed by atoms with Crippen LogP contribution in [0.4, 0.5) is 26.3 Å². The molecule has 2 aromatic rings. The number of hydrogen-bond donors (Lipinski definition) is 1. The van der Waals surface area contributed by atoms with Crippen molar-refractivity contribution in [3.63, 3.8) is 0 Å². The van der Waals surface area contributed by atoms with Crippen molar-refractivity contribution in [2.75, 3.05) is 0 Å². The SMILES string of the molecule is O=S(=O)(N[C@H]1C[C@@](c2cc(F)ccc2F)(S(=O)(=O)c2ccc(F)cc2)C1)C(F)(F)F. The predicted octanol–water partition coefficient (Wildman–Crippen LogP) is 3.37. The topological polar surface area (TPSA) is 80.3 Å². The molecule has 1 aliphatic carbocycles. The van der Waals surface area contributed by atoms with Gasteiger partial charge in [-0.15, -0.1) is 0 Å². The minimum absolute atomic E-state index is 0.482. The lowest BCUT2D eigenvalue weighted by Crippen LogP contribution is -2.58. The van der Waals surface area contributed by atoms with Crippen molar-refractivity contribution in [3.05, 3.63) is 65.5 Å². The van der Waals surface area contributed by atoms with E-state index in [4.69, 9.17) is 0 Å². The Kier molecular flexibility index (Phi) is 5.44. The van der Waals surface area contributed by atoms with Crippen LogP contribution >= 0.6 is 0 Å². The number of alkyl halides is 3. The summed E-state index contributed by atoms with van der Waals surface area (Å²) < 4.78 is 127. The van der Waals surface area contributed by atoms with Gasteiger partial charge in [-0.1, -0.05) is 0 Å². The van der Waals surface area contributed by atoms with Gasteiger partial charge in [0.05, 0.1) is 4.90 Å². The van der Waals surface area contributed by atoms with Crippen LogP contribution in [0.25, 0.3) is 0 Å². The highest BCUT2D eigenvalue weighted by molar-refractivity contribution is 7.92. The third-order valence-electron chi connectivity index (χ3n) is 4.84. The zero-order chi connectivity index (χ0) is 22.5. The average Bonchev–Trinajstić information content (AvgIpc) is 2.59. The van der Waals surface area contributed by atoms with Crippen molar-refractivity contribution < 1.29 is 43.2 Å². The predicted molar refractivity (Wildman–Crippen MR) is 92.8 cm³/mol. The summed E-state index contributed by atoms with van der Waals surface area (Å²) in [6.07, 6.45) is -1.58. The smallest absolute Gasteiger partial charge is 0.223 e. The lowest BCUT2D eigenvalue weighted by molar-refractivity contribution is -0.0455. The molecule has 0 unspecified atom stereocenters. The molecule has 0 atom stereocenters. The Hall–Kier alpha value is -2.12. The lowest BCUT2D eigenvalue weighted by atomic mass is 9.75. The molecular weight excluding hydrogens is 460 g/mol. The van der Waals surface area contributed by atoms with Gasteiger partial charge < -0.3 is 0 Å². The summed E-state index contributed by atoms with van der Waals surface area (Å²) in [4.78, 5) is -0.482. The van der Waals surface area contributed by atoms with E-state index in [1.807, 2.05) is 0 Å². The first kappa shape index (κ1) is 22.6. The van der Waals surface area contributed by atoms with Crippen LogP contribution in [0.2, 0.25) is 0 Å².